The van der Waals surface area contributed by atoms with Gasteiger partial charge in [0.05, 0.1) is 18.8 Å². The largest absolute Gasteiger partial charge is 0.508 e. The number of phenols is 1. The Hall–Kier alpha value is -2.23. The van der Waals surface area contributed by atoms with Crippen LogP contribution >= 0.6 is 0 Å². The molecule has 8 nitrogen and oxygen atoms in total. The van der Waals surface area contributed by atoms with Crippen molar-refractivity contribution >= 4 is 12.0 Å². The van der Waals surface area contributed by atoms with E-state index in [0.717, 1.165) is 38.5 Å². The van der Waals surface area contributed by atoms with Crippen LogP contribution in [0.4, 0.5) is 0 Å². The number of fused-ring (bicyclic) bond motifs is 6. The van der Waals surface area contributed by atoms with E-state index in [1.807, 2.05) is 0 Å². The average molecular weight is 721 g/mol. The summed E-state index contributed by atoms with van der Waals surface area (Å²) >= 11 is 0. The van der Waals surface area contributed by atoms with Gasteiger partial charge in [0.1, 0.15) is 18.0 Å². The lowest BCUT2D eigenvalue weighted by atomic mass is 9.42. The quantitative estimate of drug-likeness (QED) is 0.106. The summed E-state index contributed by atoms with van der Waals surface area (Å²) < 4.78 is 18.0. The number of hydrogen-bond donors (Lipinski definition) is 4. The van der Waals surface area contributed by atoms with Crippen LogP contribution in [0.25, 0.3) is 6.08 Å². The number of ether oxygens (including phenoxy) is 3. The minimum atomic E-state index is -1.36. The van der Waals surface area contributed by atoms with E-state index in [0.29, 0.717) is 29.2 Å². The third-order valence-electron chi connectivity index (χ3n) is 16.1. The first-order valence-corrected chi connectivity index (χ1v) is 20.1. The molecule has 5 fully saturated rings. The standard InChI is InChI=1S/C44H64O8/c1-40(2)31-15-11-27-24-42(5)21-18-32-41(3,4)35(20-23-44(32,7)33(42)16-14-29(27)43(31,6)22-19-34(40)46)52-39-38(49)37(48)30(25-50-39)51-36(47)17-10-26-8-12-28(45)13-9-26/h8-13,17,29-35,37-39,45-46,48-49H,14-16,18-25H2,1-7H3. The van der Waals surface area contributed by atoms with Crippen molar-refractivity contribution in [3.05, 3.63) is 47.6 Å². The molecule has 1 aliphatic heterocycles. The smallest absolute Gasteiger partial charge is 0.331 e. The maximum absolute atomic E-state index is 12.5. The van der Waals surface area contributed by atoms with Crippen molar-refractivity contribution in [1.29, 1.82) is 0 Å². The highest BCUT2D eigenvalue weighted by Crippen LogP contribution is 2.70. The summed E-state index contributed by atoms with van der Waals surface area (Å²) in [7, 11) is 0. The highest BCUT2D eigenvalue weighted by Gasteiger charge is 2.64. The number of phenolic OH excluding ortho intramolecular Hbond substituents is 1. The van der Waals surface area contributed by atoms with Crippen LogP contribution in [0.5, 0.6) is 5.75 Å². The van der Waals surface area contributed by atoms with E-state index in [1.54, 1.807) is 23.8 Å². The first kappa shape index (κ1) is 38.1. The fraction of sp³-hybridized carbons (Fsp3) is 0.750. The number of carbonyl (C=O) groups is 1. The number of aromatic hydroxyl groups is 1. The number of carbonyl (C=O) groups excluding carboxylic acids is 1. The van der Waals surface area contributed by atoms with Crippen LogP contribution in [-0.2, 0) is 19.0 Å². The molecule has 6 aliphatic rings. The van der Waals surface area contributed by atoms with E-state index >= 15 is 0 Å². The van der Waals surface area contributed by atoms with Crippen molar-refractivity contribution in [1.82, 2.24) is 0 Å². The van der Waals surface area contributed by atoms with Crippen LogP contribution in [0, 0.1) is 50.7 Å². The number of aliphatic hydroxyl groups excluding tert-OH is 3. The first-order valence-electron chi connectivity index (χ1n) is 20.1. The van der Waals surface area contributed by atoms with Gasteiger partial charge in [-0.15, -0.1) is 0 Å². The Morgan fingerprint density at radius 1 is 0.808 bits per heavy atom. The number of aliphatic hydroxyl groups is 3. The predicted octanol–water partition coefficient (Wildman–Crippen LogP) is 7.57. The highest BCUT2D eigenvalue weighted by molar-refractivity contribution is 5.87. The van der Waals surface area contributed by atoms with Gasteiger partial charge in [-0.1, -0.05) is 72.2 Å². The van der Waals surface area contributed by atoms with Gasteiger partial charge >= 0.3 is 5.97 Å². The molecule has 1 saturated heterocycles. The maximum Gasteiger partial charge on any atom is 0.331 e. The van der Waals surface area contributed by atoms with Gasteiger partial charge < -0.3 is 34.6 Å². The Kier molecular flexibility index (Phi) is 9.89. The van der Waals surface area contributed by atoms with Gasteiger partial charge in [0, 0.05) is 6.08 Å². The summed E-state index contributed by atoms with van der Waals surface area (Å²) in [5, 5.41) is 42.7. The van der Waals surface area contributed by atoms with E-state index in [-0.39, 0.29) is 51.6 Å². The van der Waals surface area contributed by atoms with Crippen molar-refractivity contribution < 1.29 is 39.4 Å². The number of allylic oxidation sites excluding steroid dienone is 2. The lowest BCUT2D eigenvalue weighted by Crippen LogP contribution is -2.61. The van der Waals surface area contributed by atoms with E-state index in [4.69, 9.17) is 14.2 Å². The number of benzene rings is 1. The van der Waals surface area contributed by atoms with Gasteiger partial charge in [-0.2, -0.15) is 0 Å². The molecule has 0 bridgehead atoms. The molecule has 0 radical (unpaired) electrons. The van der Waals surface area contributed by atoms with E-state index in [9.17, 15) is 25.2 Å². The van der Waals surface area contributed by atoms with Gasteiger partial charge in [-0.25, -0.2) is 4.79 Å². The normalized spacial score (nSPS) is 45.4. The zero-order chi connectivity index (χ0) is 37.4. The molecule has 0 aromatic heterocycles. The summed E-state index contributed by atoms with van der Waals surface area (Å²) in [4.78, 5) is 12.5. The fourth-order valence-electron chi connectivity index (χ4n) is 13.3. The summed E-state index contributed by atoms with van der Waals surface area (Å²) in [6.07, 6.45) is 11.3. The van der Waals surface area contributed by atoms with E-state index < -0.39 is 30.6 Å². The summed E-state index contributed by atoms with van der Waals surface area (Å²) in [5.74, 6) is 1.62. The second-order valence-corrected chi connectivity index (χ2v) is 19.6. The van der Waals surface area contributed by atoms with Crippen LogP contribution in [-0.4, -0.2) is 69.8 Å². The van der Waals surface area contributed by atoms with Crippen molar-refractivity contribution in [3.63, 3.8) is 0 Å². The van der Waals surface area contributed by atoms with Crippen LogP contribution in [0.1, 0.15) is 118 Å². The molecule has 13 unspecified atom stereocenters. The zero-order valence-corrected chi connectivity index (χ0v) is 32.5. The molecule has 7 rings (SSSR count). The molecule has 0 amide bonds. The van der Waals surface area contributed by atoms with Crippen molar-refractivity contribution in [2.75, 3.05) is 6.61 Å². The third kappa shape index (κ3) is 6.30. The van der Waals surface area contributed by atoms with Crippen LogP contribution in [0.15, 0.2) is 42.0 Å². The van der Waals surface area contributed by atoms with E-state index in [1.165, 1.54) is 43.9 Å². The Morgan fingerprint density at radius 2 is 1.52 bits per heavy atom. The van der Waals surface area contributed by atoms with Crippen LogP contribution < -0.4 is 0 Å². The Morgan fingerprint density at radius 3 is 2.25 bits per heavy atom. The lowest BCUT2D eigenvalue weighted by molar-refractivity contribution is -0.307. The monoisotopic (exact) mass is 720 g/mol. The highest BCUT2D eigenvalue weighted by atomic mass is 16.7. The minimum absolute atomic E-state index is 0.0682. The maximum atomic E-state index is 12.5. The molecular weight excluding hydrogens is 656 g/mol. The number of hydrogen-bond acceptors (Lipinski definition) is 8. The molecule has 13 atom stereocenters. The van der Waals surface area contributed by atoms with Crippen LogP contribution in [0.3, 0.4) is 0 Å². The third-order valence-corrected chi connectivity index (χ3v) is 16.1. The Labute approximate surface area is 311 Å². The van der Waals surface area contributed by atoms with Crippen LogP contribution in [0.2, 0.25) is 0 Å². The second kappa shape index (κ2) is 13.5. The van der Waals surface area contributed by atoms with Gasteiger partial charge in [-0.05, 0) is 139 Å². The molecule has 0 spiro atoms. The minimum Gasteiger partial charge on any atom is -0.508 e. The summed E-state index contributed by atoms with van der Waals surface area (Å²) in [6, 6.07) is 6.39. The van der Waals surface area contributed by atoms with Crippen molar-refractivity contribution in [2.45, 2.75) is 149 Å². The van der Waals surface area contributed by atoms with E-state index in [2.05, 4.69) is 54.5 Å². The summed E-state index contributed by atoms with van der Waals surface area (Å²) in [5.41, 5.74) is 2.81. The Balaban J connectivity index is 1.01. The van der Waals surface area contributed by atoms with Gasteiger partial charge in [0.25, 0.3) is 0 Å². The lowest BCUT2D eigenvalue weighted by Gasteiger charge is -2.64. The van der Waals surface area contributed by atoms with Gasteiger partial charge in [0.15, 0.2) is 12.4 Å². The molecule has 1 heterocycles. The topological polar surface area (TPSA) is 126 Å². The second-order valence-electron chi connectivity index (χ2n) is 19.6. The zero-order valence-electron chi connectivity index (χ0n) is 32.5. The first-order chi connectivity index (χ1) is 24.4. The van der Waals surface area contributed by atoms with Crippen molar-refractivity contribution in [3.8, 4) is 5.75 Å². The summed E-state index contributed by atoms with van der Waals surface area (Å²) in [6.45, 7) is 16.9. The molecule has 4 saturated carbocycles. The number of rotatable bonds is 5. The Bertz CT molecular complexity index is 1550. The SMILES string of the molecule is CC12CCC3C(C)(C)C(OC4OCC(OC(=O)C=Cc5ccc(O)cc5)C(O)C4O)CCC3(C)C1CCC1C(=CCC3C(C)(C)C(O)CCC13C)C2. The average Bonchev–Trinajstić information content (AvgIpc) is 3.24. The molecule has 8 heteroatoms. The number of esters is 1. The molecule has 5 aliphatic carbocycles. The predicted molar refractivity (Wildman–Crippen MR) is 200 cm³/mol. The molecule has 52 heavy (non-hydrogen) atoms. The molecule has 1 aromatic rings. The van der Waals surface area contributed by atoms with Gasteiger partial charge in [-0.3, -0.25) is 0 Å². The molecule has 288 valence electrons. The van der Waals surface area contributed by atoms with Gasteiger partial charge in [0.2, 0.25) is 0 Å². The molecular formula is C44H64O8. The molecule has 4 N–H and O–H groups in total. The van der Waals surface area contributed by atoms with Crippen molar-refractivity contribution in [2.24, 2.45) is 50.7 Å². The molecule has 1 aromatic carbocycles. The fourth-order valence-corrected chi connectivity index (χ4v) is 13.3.